The molecule has 5 heteroatoms. The molecule has 1 aromatic heterocycles. The predicted octanol–water partition coefficient (Wildman–Crippen LogP) is 3.45. The van der Waals surface area contributed by atoms with Crippen molar-refractivity contribution in [1.82, 2.24) is 9.78 Å². The van der Waals surface area contributed by atoms with Gasteiger partial charge < -0.3 is 0 Å². The zero-order valence-electron chi connectivity index (χ0n) is 11.2. The highest BCUT2D eigenvalue weighted by atomic mass is 32.2. The number of hydrogen-bond acceptors (Lipinski definition) is 2. The van der Waals surface area contributed by atoms with Crippen LogP contribution in [-0.2, 0) is 16.6 Å². The van der Waals surface area contributed by atoms with Crippen molar-refractivity contribution in [2.45, 2.75) is 42.4 Å². The van der Waals surface area contributed by atoms with E-state index in [0.29, 0.717) is 16.7 Å². The van der Waals surface area contributed by atoms with E-state index < -0.39 is 10.8 Å². The molecule has 3 rings (SSSR count). The van der Waals surface area contributed by atoms with Gasteiger partial charge in [-0.2, -0.15) is 5.10 Å². The lowest BCUT2D eigenvalue weighted by molar-refractivity contribution is 0.464. The maximum absolute atomic E-state index is 13.1. The van der Waals surface area contributed by atoms with E-state index in [4.69, 9.17) is 0 Å². The highest BCUT2D eigenvalue weighted by Gasteiger charge is 2.18. The van der Waals surface area contributed by atoms with E-state index in [-0.39, 0.29) is 5.82 Å². The Bertz CT molecular complexity index is 620. The number of hydrogen-bond donors (Lipinski definition) is 0. The first kappa shape index (κ1) is 13.5. The van der Waals surface area contributed by atoms with Gasteiger partial charge in [-0.25, -0.2) is 4.39 Å². The molecule has 1 fully saturated rings. The monoisotopic (exact) mass is 292 g/mol. The van der Waals surface area contributed by atoms with Crippen LogP contribution in [0, 0.1) is 5.82 Å². The quantitative estimate of drug-likeness (QED) is 0.865. The first-order valence-corrected chi connectivity index (χ1v) is 8.22. The summed E-state index contributed by atoms with van der Waals surface area (Å²) in [6, 6.07) is 8.36. The van der Waals surface area contributed by atoms with Gasteiger partial charge in [-0.05, 0) is 37.1 Å². The molecule has 2 aromatic rings. The lowest BCUT2D eigenvalue weighted by atomic mass is 10.3. The zero-order valence-corrected chi connectivity index (χ0v) is 12.0. The number of aromatic nitrogens is 2. The second-order valence-electron chi connectivity index (χ2n) is 5.17. The largest absolute Gasteiger partial charge is 0.269 e. The van der Waals surface area contributed by atoms with Crippen LogP contribution in [0.5, 0.6) is 0 Å². The lowest BCUT2D eigenvalue weighted by Crippen LogP contribution is -2.06. The molecule has 0 saturated heterocycles. The van der Waals surface area contributed by atoms with E-state index in [1.165, 1.54) is 37.8 Å². The van der Waals surface area contributed by atoms with Crippen molar-refractivity contribution in [2.24, 2.45) is 0 Å². The van der Waals surface area contributed by atoms with Crippen molar-refractivity contribution in [3.05, 3.63) is 48.0 Å². The molecule has 3 nitrogen and oxygen atoms in total. The molecule has 1 aliphatic rings. The Morgan fingerprint density at radius 1 is 1.30 bits per heavy atom. The van der Waals surface area contributed by atoms with Crippen molar-refractivity contribution >= 4 is 10.8 Å². The molecule has 1 aromatic carbocycles. The van der Waals surface area contributed by atoms with Crippen molar-refractivity contribution < 1.29 is 8.60 Å². The molecule has 0 spiro atoms. The van der Waals surface area contributed by atoms with Gasteiger partial charge in [-0.3, -0.25) is 8.89 Å². The SMILES string of the molecule is O=S(Cc1ccn(C2CCCC2)n1)c1cccc(F)c1. The summed E-state index contributed by atoms with van der Waals surface area (Å²) in [5.41, 5.74) is 0.805. The maximum atomic E-state index is 13.1. The van der Waals surface area contributed by atoms with Crippen LogP contribution < -0.4 is 0 Å². The summed E-state index contributed by atoms with van der Waals surface area (Å²) in [5, 5.41) is 4.51. The first-order valence-electron chi connectivity index (χ1n) is 6.90. The van der Waals surface area contributed by atoms with Gasteiger partial charge in [-0.15, -0.1) is 0 Å². The minimum Gasteiger partial charge on any atom is -0.269 e. The maximum Gasteiger partial charge on any atom is 0.124 e. The Hall–Kier alpha value is -1.49. The van der Waals surface area contributed by atoms with Crippen molar-refractivity contribution in [3.63, 3.8) is 0 Å². The Balaban J connectivity index is 1.70. The zero-order chi connectivity index (χ0) is 13.9. The lowest BCUT2D eigenvalue weighted by Gasteiger charge is -2.08. The topological polar surface area (TPSA) is 34.9 Å². The smallest absolute Gasteiger partial charge is 0.124 e. The molecular formula is C15H17FN2OS. The highest BCUT2D eigenvalue weighted by molar-refractivity contribution is 7.84. The van der Waals surface area contributed by atoms with Gasteiger partial charge in [0.1, 0.15) is 5.82 Å². The fraction of sp³-hybridized carbons (Fsp3) is 0.400. The Labute approximate surface area is 120 Å². The molecule has 0 N–H and O–H groups in total. The molecule has 20 heavy (non-hydrogen) atoms. The molecular weight excluding hydrogens is 275 g/mol. The molecule has 0 bridgehead atoms. The molecule has 1 atom stereocenters. The Kier molecular flexibility index (Phi) is 3.96. The summed E-state index contributed by atoms with van der Waals surface area (Å²) in [6.07, 6.45) is 6.83. The van der Waals surface area contributed by atoms with Crippen molar-refractivity contribution in [3.8, 4) is 0 Å². The second-order valence-corrected chi connectivity index (χ2v) is 6.62. The van der Waals surface area contributed by atoms with E-state index in [0.717, 1.165) is 5.69 Å². The van der Waals surface area contributed by atoms with Crippen LogP contribution >= 0.6 is 0 Å². The van der Waals surface area contributed by atoms with Crippen LogP contribution in [-0.4, -0.2) is 14.0 Å². The fourth-order valence-electron chi connectivity index (χ4n) is 2.65. The third-order valence-corrected chi connectivity index (χ3v) is 5.04. The van der Waals surface area contributed by atoms with Crippen molar-refractivity contribution in [2.75, 3.05) is 0 Å². The number of halogens is 1. The van der Waals surface area contributed by atoms with Crippen LogP contribution in [0.2, 0.25) is 0 Å². The summed E-state index contributed by atoms with van der Waals surface area (Å²) >= 11 is 0. The number of nitrogens with zero attached hydrogens (tertiary/aromatic N) is 2. The summed E-state index contributed by atoms with van der Waals surface area (Å²) in [6.45, 7) is 0. The normalized spacial score (nSPS) is 17.4. The Morgan fingerprint density at radius 2 is 2.10 bits per heavy atom. The predicted molar refractivity (Wildman–Crippen MR) is 76.2 cm³/mol. The summed E-state index contributed by atoms with van der Waals surface area (Å²) in [7, 11) is -1.25. The van der Waals surface area contributed by atoms with Gasteiger partial charge in [-0.1, -0.05) is 18.9 Å². The third-order valence-electron chi connectivity index (χ3n) is 3.70. The molecule has 0 radical (unpaired) electrons. The van der Waals surface area contributed by atoms with Crippen LogP contribution in [0.3, 0.4) is 0 Å². The van der Waals surface area contributed by atoms with E-state index in [2.05, 4.69) is 5.10 Å². The fourth-order valence-corrected chi connectivity index (χ4v) is 3.72. The summed E-state index contributed by atoms with van der Waals surface area (Å²) in [4.78, 5) is 0.514. The van der Waals surface area contributed by atoms with E-state index in [9.17, 15) is 8.60 Å². The molecule has 1 saturated carbocycles. The van der Waals surface area contributed by atoms with Gasteiger partial charge in [0.25, 0.3) is 0 Å². The van der Waals surface area contributed by atoms with E-state index >= 15 is 0 Å². The van der Waals surface area contributed by atoms with Crippen LogP contribution in [0.15, 0.2) is 41.4 Å². The molecule has 1 unspecified atom stereocenters. The molecule has 1 aliphatic carbocycles. The first-order chi connectivity index (χ1) is 9.72. The minimum absolute atomic E-state index is 0.336. The average Bonchev–Trinajstić information content (AvgIpc) is 3.08. The third kappa shape index (κ3) is 2.98. The van der Waals surface area contributed by atoms with E-state index in [1.807, 2.05) is 16.9 Å². The van der Waals surface area contributed by atoms with Gasteiger partial charge in [0, 0.05) is 11.1 Å². The molecule has 0 aliphatic heterocycles. The summed E-state index contributed by atoms with van der Waals surface area (Å²) < 4.78 is 27.3. The van der Waals surface area contributed by atoms with Crippen LogP contribution in [0.1, 0.15) is 37.4 Å². The van der Waals surface area contributed by atoms with Gasteiger partial charge >= 0.3 is 0 Å². The van der Waals surface area contributed by atoms with Crippen LogP contribution in [0.4, 0.5) is 4.39 Å². The highest BCUT2D eigenvalue weighted by Crippen LogP contribution is 2.28. The number of benzene rings is 1. The number of rotatable bonds is 4. The van der Waals surface area contributed by atoms with Gasteiger partial charge in [0.15, 0.2) is 0 Å². The molecule has 1 heterocycles. The van der Waals surface area contributed by atoms with Crippen molar-refractivity contribution in [1.29, 1.82) is 0 Å². The minimum atomic E-state index is -1.25. The van der Waals surface area contributed by atoms with Gasteiger partial charge in [0.05, 0.1) is 28.3 Å². The molecule has 106 valence electrons. The van der Waals surface area contributed by atoms with Gasteiger partial charge in [0.2, 0.25) is 0 Å². The second kappa shape index (κ2) is 5.87. The Morgan fingerprint density at radius 3 is 2.85 bits per heavy atom. The summed E-state index contributed by atoms with van der Waals surface area (Å²) in [5.74, 6) is -0.0178. The van der Waals surface area contributed by atoms with Crippen LogP contribution in [0.25, 0.3) is 0 Å². The standard InChI is InChI=1S/C15H17FN2OS/c16-12-4-3-7-15(10-12)20(19)11-13-8-9-18(17-13)14-5-1-2-6-14/h3-4,7-10,14H,1-2,5-6,11H2. The molecule has 0 amide bonds. The van der Waals surface area contributed by atoms with E-state index in [1.54, 1.807) is 12.1 Å². The average molecular weight is 292 g/mol.